The molecule has 2 aromatic carbocycles. The number of nitrogens with zero attached hydrogens (tertiary/aromatic N) is 1. The van der Waals surface area contributed by atoms with Gasteiger partial charge in [0.25, 0.3) is 0 Å². The van der Waals surface area contributed by atoms with E-state index in [1.807, 2.05) is 31.3 Å². The van der Waals surface area contributed by atoms with E-state index in [1.54, 1.807) is 4.90 Å². The second-order valence-corrected chi connectivity index (χ2v) is 6.57. The van der Waals surface area contributed by atoms with Crippen molar-refractivity contribution in [3.8, 4) is 11.5 Å². The van der Waals surface area contributed by atoms with Gasteiger partial charge in [-0.2, -0.15) is 0 Å². The lowest BCUT2D eigenvalue weighted by Gasteiger charge is -2.23. The molecule has 0 saturated carbocycles. The molecule has 1 unspecified atom stereocenters. The molecular formula is C20H22N2O3. The highest BCUT2D eigenvalue weighted by Crippen LogP contribution is 2.32. The minimum atomic E-state index is -0.0587. The molecule has 5 heteroatoms. The Hall–Kier alpha value is -2.69. The van der Waals surface area contributed by atoms with E-state index in [4.69, 9.17) is 9.47 Å². The largest absolute Gasteiger partial charge is 0.486 e. The van der Waals surface area contributed by atoms with Crippen LogP contribution >= 0.6 is 0 Å². The number of rotatable bonds is 3. The average molecular weight is 338 g/mol. The smallest absolute Gasteiger partial charge is 0.317 e. The summed E-state index contributed by atoms with van der Waals surface area (Å²) < 4.78 is 11.1. The number of hydrogen-bond acceptors (Lipinski definition) is 3. The Morgan fingerprint density at radius 3 is 2.84 bits per heavy atom. The molecule has 5 nitrogen and oxygen atoms in total. The molecule has 25 heavy (non-hydrogen) atoms. The van der Waals surface area contributed by atoms with Crippen LogP contribution in [0.2, 0.25) is 0 Å². The minimum absolute atomic E-state index is 0.0587. The van der Waals surface area contributed by atoms with Gasteiger partial charge in [0.1, 0.15) is 13.2 Å². The summed E-state index contributed by atoms with van der Waals surface area (Å²) in [5.41, 5.74) is 3.60. The molecule has 2 amide bonds. The van der Waals surface area contributed by atoms with E-state index in [2.05, 4.69) is 23.5 Å². The standard InChI is InChI=1S/C20H22N2O3/c1-22(13-14-6-9-18-19(12-14)25-11-10-24-18)20(23)21-17-8-7-15-4-2-3-5-16(15)17/h2-6,9,12,17H,7-8,10-11,13H2,1H3,(H,21,23). The fraction of sp³-hybridized carbons (Fsp3) is 0.350. The second kappa shape index (κ2) is 6.67. The Morgan fingerprint density at radius 1 is 1.16 bits per heavy atom. The maximum absolute atomic E-state index is 12.6. The lowest BCUT2D eigenvalue weighted by atomic mass is 10.1. The lowest BCUT2D eigenvalue weighted by Crippen LogP contribution is -2.38. The van der Waals surface area contributed by atoms with Gasteiger partial charge in [-0.15, -0.1) is 0 Å². The maximum atomic E-state index is 12.6. The van der Waals surface area contributed by atoms with Gasteiger partial charge in [-0.05, 0) is 41.7 Å². The Bertz CT molecular complexity index is 790. The molecule has 2 aliphatic rings. The summed E-state index contributed by atoms with van der Waals surface area (Å²) in [5, 5.41) is 3.15. The van der Waals surface area contributed by atoms with Crippen LogP contribution in [-0.2, 0) is 13.0 Å². The first-order chi connectivity index (χ1) is 12.2. The molecule has 1 heterocycles. The van der Waals surface area contributed by atoms with Gasteiger partial charge in [-0.1, -0.05) is 30.3 Å². The summed E-state index contributed by atoms with van der Waals surface area (Å²) in [6.07, 6.45) is 1.98. The van der Waals surface area contributed by atoms with Crippen molar-refractivity contribution in [1.82, 2.24) is 10.2 Å². The van der Waals surface area contributed by atoms with E-state index < -0.39 is 0 Å². The first kappa shape index (κ1) is 15.8. The molecule has 4 rings (SSSR count). The molecule has 1 N–H and O–H groups in total. The predicted molar refractivity (Wildman–Crippen MR) is 94.9 cm³/mol. The van der Waals surface area contributed by atoms with E-state index in [9.17, 15) is 4.79 Å². The summed E-state index contributed by atoms with van der Waals surface area (Å²) in [6.45, 7) is 1.67. The third kappa shape index (κ3) is 3.27. The van der Waals surface area contributed by atoms with Gasteiger partial charge in [0.2, 0.25) is 0 Å². The van der Waals surface area contributed by atoms with Gasteiger partial charge in [-0.3, -0.25) is 0 Å². The number of hydrogen-bond donors (Lipinski definition) is 1. The maximum Gasteiger partial charge on any atom is 0.317 e. The summed E-state index contributed by atoms with van der Waals surface area (Å²) in [6, 6.07) is 14.2. The summed E-state index contributed by atoms with van der Waals surface area (Å²) in [7, 11) is 1.81. The Kier molecular flexibility index (Phi) is 4.22. The van der Waals surface area contributed by atoms with E-state index in [0.717, 1.165) is 29.9 Å². The number of aryl methyl sites for hydroxylation is 1. The highest BCUT2D eigenvalue weighted by molar-refractivity contribution is 5.74. The number of amides is 2. The number of carbonyl (C=O) groups excluding carboxylic acids is 1. The highest BCUT2D eigenvalue weighted by atomic mass is 16.6. The third-order valence-electron chi connectivity index (χ3n) is 4.80. The molecule has 2 aromatic rings. The Morgan fingerprint density at radius 2 is 1.96 bits per heavy atom. The van der Waals surface area contributed by atoms with Crippen LogP contribution in [0, 0.1) is 0 Å². The van der Waals surface area contributed by atoms with E-state index in [1.165, 1.54) is 11.1 Å². The summed E-state index contributed by atoms with van der Waals surface area (Å²) in [4.78, 5) is 14.3. The van der Waals surface area contributed by atoms with E-state index >= 15 is 0 Å². The van der Waals surface area contributed by atoms with Crippen molar-refractivity contribution < 1.29 is 14.3 Å². The minimum Gasteiger partial charge on any atom is -0.486 e. The third-order valence-corrected chi connectivity index (χ3v) is 4.80. The first-order valence-corrected chi connectivity index (χ1v) is 8.68. The van der Waals surface area contributed by atoms with Crippen molar-refractivity contribution in [2.75, 3.05) is 20.3 Å². The zero-order valence-electron chi connectivity index (χ0n) is 14.3. The number of benzene rings is 2. The second-order valence-electron chi connectivity index (χ2n) is 6.57. The van der Waals surface area contributed by atoms with Crippen LogP contribution in [-0.4, -0.2) is 31.2 Å². The molecule has 0 aromatic heterocycles. The lowest BCUT2D eigenvalue weighted by molar-refractivity contribution is 0.171. The molecule has 1 aliphatic heterocycles. The molecule has 0 spiro atoms. The van der Waals surface area contributed by atoms with Crippen molar-refractivity contribution in [2.45, 2.75) is 25.4 Å². The normalized spacial score (nSPS) is 17.7. The summed E-state index contributed by atoms with van der Waals surface area (Å²) in [5.74, 6) is 1.52. The van der Waals surface area contributed by atoms with Crippen LogP contribution in [0.3, 0.4) is 0 Å². The van der Waals surface area contributed by atoms with E-state index in [-0.39, 0.29) is 12.1 Å². The zero-order chi connectivity index (χ0) is 17.2. The summed E-state index contributed by atoms with van der Waals surface area (Å²) >= 11 is 0. The topological polar surface area (TPSA) is 50.8 Å². The highest BCUT2D eigenvalue weighted by Gasteiger charge is 2.24. The SMILES string of the molecule is CN(Cc1ccc2c(c1)OCCO2)C(=O)NC1CCc2ccccc21. The molecule has 1 atom stereocenters. The average Bonchev–Trinajstić information content (AvgIpc) is 3.04. The number of carbonyl (C=O) groups is 1. The van der Waals surface area contributed by atoms with Crippen LogP contribution in [0.15, 0.2) is 42.5 Å². The van der Waals surface area contributed by atoms with Crippen LogP contribution in [0.25, 0.3) is 0 Å². The number of fused-ring (bicyclic) bond motifs is 2. The molecule has 0 fully saturated rings. The van der Waals surface area contributed by atoms with Gasteiger partial charge in [0.15, 0.2) is 11.5 Å². The van der Waals surface area contributed by atoms with Crippen molar-refractivity contribution in [3.63, 3.8) is 0 Å². The Labute approximate surface area is 147 Å². The van der Waals surface area contributed by atoms with Gasteiger partial charge in [-0.25, -0.2) is 4.79 Å². The Balaban J connectivity index is 1.40. The molecule has 130 valence electrons. The van der Waals surface area contributed by atoms with Gasteiger partial charge < -0.3 is 19.7 Å². The van der Waals surface area contributed by atoms with Crippen LogP contribution in [0.5, 0.6) is 11.5 Å². The van der Waals surface area contributed by atoms with Crippen molar-refractivity contribution in [1.29, 1.82) is 0 Å². The quantitative estimate of drug-likeness (QED) is 0.934. The monoisotopic (exact) mass is 338 g/mol. The molecule has 0 saturated heterocycles. The van der Waals surface area contributed by atoms with Gasteiger partial charge >= 0.3 is 6.03 Å². The van der Waals surface area contributed by atoms with E-state index in [0.29, 0.717) is 19.8 Å². The molecular weight excluding hydrogens is 316 g/mol. The molecule has 0 radical (unpaired) electrons. The van der Waals surface area contributed by atoms with Crippen molar-refractivity contribution >= 4 is 6.03 Å². The van der Waals surface area contributed by atoms with Crippen LogP contribution in [0.1, 0.15) is 29.2 Å². The van der Waals surface area contributed by atoms with Gasteiger partial charge in [0.05, 0.1) is 6.04 Å². The fourth-order valence-electron chi connectivity index (χ4n) is 3.50. The fourth-order valence-corrected chi connectivity index (χ4v) is 3.50. The predicted octanol–water partition coefficient (Wildman–Crippen LogP) is 3.29. The molecule has 0 bridgehead atoms. The number of urea groups is 1. The number of nitrogens with one attached hydrogen (secondary N) is 1. The van der Waals surface area contributed by atoms with Crippen molar-refractivity contribution in [2.24, 2.45) is 0 Å². The van der Waals surface area contributed by atoms with Gasteiger partial charge in [0, 0.05) is 13.6 Å². The zero-order valence-corrected chi connectivity index (χ0v) is 14.3. The number of ether oxygens (including phenoxy) is 2. The van der Waals surface area contributed by atoms with Crippen molar-refractivity contribution in [3.05, 3.63) is 59.2 Å². The van der Waals surface area contributed by atoms with Crippen LogP contribution in [0.4, 0.5) is 4.79 Å². The first-order valence-electron chi connectivity index (χ1n) is 8.68. The van der Waals surface area contributed by atoms with Crippen LogP contribution < -0.4 is 14.8 Å². The molecule has 1 aliphatic carbocycles.